The topological polar surface area (TPSA) is 28.2 Å². The maximum absolute atomic E-state index is 13.2. The molecule has 2 rings (SSSR count). The van der Waals surface area contributed by atoms with Gasteiger partial charge in [-0.1, -0.05) is 13.8 Å². The Bertz CT molecular complexity index is 418. The van der Waals surface area contributed by atoms with Gasteiger partial charge >= 0.3 is 0 Å². The fraction of sp³-hybridized carbons (Fsp3) is 0.667. The van der Waals surface area contributed by atoms with Crippen molar-refractivity contribution in [2.45, 2.75) is 51.7 Å². The van der Waals surface area contributed by atoms with Crippen molar-refractivity contribution in [3.63, 3.8) is 0 Å². The molecule has 3 nitrogen and oxygen atoms in total. The predicted octanol–water partition coefficient (Wildman–Crippen LogP) is 2.57. The third-order valence-electron chi connectivity index (χ3n) is 4.40. The van der Waals surface area contributed by atoms with Gasteiger partial charge in [0.05, 0.1) is 6.20 Å². The van der Waals surface area contributed by atoms with Crippen LogP contribution in [0.2, 0.25) is 0 Å². The second-order valence-electron chi connectivity index (χ2n) is 5.63. The molecule has 19 heavy (non-hydrogen) atoms. The SMILES string of the molecule is CCC1(CC)CN(Cc2cncc(F)c2)C(C)CN1. The molecule has 0 bridgehead atoms. The normalized spacial score (nSPS) is 23.5. The monoisotopic (exact) mass is 265 g/mol. The van der Waals surface area contributed by atoms with Crippen LogP contribution in [0.3, 0.4) is 0 Å². The number of aromatic nitrogens is 1. The van der Waals surface area contributed by atoms with E-state index in [-0.39, 0.29) is 11.4 Å². The maximum atomic E-state index is 13.2. The average Bonchev–Trinajstić information content (AvgIpc) is 2.42. The van der Waals surface area contributed by atoms with Gasteiger partial charge < -0.3 is 5.32 Å². The van der Waals surface area contributed by atoms with Gasteiger partial charge in [0.1, 0.15) is 5.82 Å². The first-order chi connectivity index (χ1) is 9.08. The van der Waals surface area contributed by atoms with Crippen molar-refractivity contribution in [3.8, 4) is 0 Å². The maximum Gasteiger partial charge on any atom is 0.141 e. The molecule has 0 saturated carbocycles. The van der Waals surface area contributed by atoms with Crippen molar-refractivity contribution in [1.29, 1.82) is 0 Å². The van der Waals surface area contributed by atoms with Gasteiger partial charge in [-0.2, -0.15) is 0 Å². The lowest BCUT2D eigenvalue weighted by Crippen LogP contribution is -2.62. The minimum absolute atomic E-state index is 0.202. The van der Waals surface area contributed by atoms with Crippen LogP contribution in [0.1, 0.15) is 39.2 Å². The van der Waals surface area contributed by atoms with Gasteiger partial charge in [-0.15, -0.1) is 0 Å². The zero-order valence-corrected chi connectivity index (χ0v) is 12.1. The molecule has 1 unspecified atom stereocenters. The lowest BCUT2D eigenvalue weighted by Gasteiger charge is -2.46. The van der Waals surface area contributed by atoms with E-state index in [4.69, 9.17) is 0 Å². The molecular weight excluding hydrogens is 241 g/mol. The molecule has 2 heterocycles. The van der Waals surface area contributed by atoms with Crippen LogP contribution in [0.25, 0.3) is 0 Å². The third-order valence-corrected chi connectivity index (χ3v) is 4.40. The number of piperazine rings is 1. The molecule has 1 aromatic rings. The Labute approximate surface area is 115 Å². The summed E-state index contributed by atoms with van der Waals surface area (Å²) >= 11 is 0. The lowest BCUT2D eigenvalue weighted by atomic mass is 9.88. The highest BCUT2D eigenvalue weighted by Crippen LogP contribution is 2.24. The summed E-state index contributed by atoms with van der Waals surface area (Å²) in [6.45, 7) is 9.45. The summed E-state index contributed by atoms with van der Waals surface area (Å²) in [4.78, 5) is 6.36. The molecule has 0 aliphatic carbocycles. The van der Waals surface area contributed by atoms with E-state index in [0.29, 0.717) is 6.04 Å². The van der Waals surface area contributed by atoms with Crippen LogP contribution in [0.5, 0.6) is 0 Å². The lowest BCUT2D eigenvalue weighted by molar-refractivity contribution is 0.0744. The Kier molecular flexibility index (Phi) is 4.53. The average molecular weight is 265 g/mol. The van der Waals surface area contributed by atoms with Crippen LogP contribution in [0, 0.1) is 5.82 Å². The minimum Gasteiger partial charge on any atom is -0.308 e. The fourth-order valence-corrected chi connectivity index (χ4v) is 2.81. The number of halogens is 1. The Hall–Kier alpha value is -1.00. The zero-order chi connectivity index (χ0) is 13.9. The van der Waals surface area contributed by atoms with Crippen LogP contribution in [-0.4, -0.2) is 34.6 Å². The second kappa shape index (κ2) is 5.97. The predicted molar refractivity (Wildman–Crippen MR) is 75.4 cm³/mol. The summed E-state index contributed by atoms with van der Waals surface area (Å²) in [6.07, 6.45) is 5.26. The molecule has 4 heteroatoms. The van der Waals surface area contributed by atoms with Crippen molar-refractivity contribution in [1.82, 2.24) is 15.2 Å². The van der Waals surface area contributed by atoms with Gasteiger partial charge in [0, 0.05) is 37.4 Å². The van der Waals surface area contributed by atoms with E-state index in [0.717, 1.165) is 38.0 Å². The zero-order valence-electron chi connectivity index (χ0n) is 12.1. The van der Waals surface area contributed by atoms with E-state index < -0.39 is 0 Å². The summed E-state index contributed by atoms with van der Waals surface area (Å²) in [7, 11) is 0. The summed E-state index contributed by atoms with van der Waals surface area (Å²) in [5.74, 6) is -0.252. The van der Waals surface area contributed by atoms with Gasteiger partial charge in [0.2, 0.25) is 0 Å². The minimum atomic E-state index is -0.252. The van der Waals surface area contributed by atoms with E-state index in [2.05, 4.69) is 36.0 Å². The van der Waals surface area contributed by atoms with E-state index in [1.807, 2.05) is 0 Å². The first kappa shape index (κ1) is 14.4. The molecule has 1 atom stereocenters. The van der Waals surface area contributed by atoms with Gasteiger partial charge in [-0.25, -0.2) is 4.39 Å². The van der Waals surface area contributed by atoms with Crippen LogP contribution in [-0.2, 0) is 6.54 Å². The number of hydrogen-bond acceptors (Lipinski definition) is 3. The van der Waals surface area contributed by atoms with E-state index in [1.54, 1.807) is 12.3 Å². The number of hydrogen-bond donors (Lipinski definition) is 1. The molecule has 1 saturated heterocycles. The van der Waals surface area contributed by atoms with E-state index >= 15 is 0 Å². The molecule has 0 amide bonds. The first-order valence-corrected chi connectivity index (χ1v) is 7.17. The largest absolute Gasteiger partial charge is 0.308 e. The Morgan fingerprint density at radius 2 is 2.16 bits per heavy atom. The van der Waals surface area contributed by atoms with Gasteiger partial charge in [-0.05, 0) is 31.4 Å². The summed E-state index contributed by atoms with van der Waals surface area (Å²) in [5, 5.41) is 3.68. The van der Waals surface area contributed by atoms with Gasteiger partial charge in [0.25, 0.3) is 0 Å². The highest BCUT2D eigenvalue weighted by atomic mass is 19.1. The van der Waals surface area contributed by atoms with Crippen molar-refractivity contribution in [2.24, 2.45) is 0 Å². The molecule has 0 radical (unpaired) electrons. The molecule has 1 aliphatic rings. The Balaban J connectivity index is 2.09. The molecular formula is C15H24FN3. The highest BCUT2D eigenvalue weighted by molar-refractivity contribution is 5.11. The molecule has 1 fully saturated rings. The van der Waals surface area contributed by atoms with Crippen LogP contribution in [0.15, 0.2) is 18.5 Å². The third kappa shape index (κ3) is 3.31. The molecule has 106 valence electrons. The van der Waals surface area contributed by atoms with Crippen LogP contribution < -0.4 is 5.32 Å². The molecule has 1 aromatic heterocycles. The molecule has 1 aliphatic heterocycles. The summed E-state index contributed by atoms with van der Waals surface area (Å²) < 4.78 is 13.2. The van der Waals surface area contributed by atoms with Crippen molar-refractivity contribution >= 4 is 0 Å². The summed E-state index contributed by atoms with van der Waals surface area (Å²) in [5.41, 5.74) is 1.16. The second-order valence-corrected chi connectivity index (χ2v) is 5.63. The standard InChI is InChI=1S/C15H24FN3/c1-4-15(5-2)11-19(12(3)7-18-15)10-13-6-14(16)9-17-8-13/h6,8-9,12,18H,4-5,7,10-11H2,1-3H3. The van der Waals surface area contributed by atoms with E-state index in [9.17, 15) is 4.39 Å². The van der Waals surface area contributed by atoms with Gasteiger partial charge in [0.15, 0.2) is 0 Å². The number of pyridine rings is 1. The smallest absolute Gasteiger partial charge is 0.141 e. The first-order valence-electron chi connectivity index (χ1n) is 7.17. The van der Waals surface area contributed by atoms with Crippen LogP contribution in [0.4, 0.5) is 4.39 Å². The molecule has 0 spiro atoms. The van der Waals surface area contributed by atoms with Crippen molar-refractivity contribution in [2.75, 3.05) is 13.1 Å². The molecule has 0 aromatic carbocycles. The van der Waals surface area contributed by atoms with Crippen molar-refractivity contribution in [3.05, 3.63) is 29.8 Å². The fourth-order valence-electron chi connectivity index (χ4n) is 2.81. The van der Waals surface area contributed by atoms with Crippen molar-refractivity contribution < 1.29 is 4.39 Å². The van der Waals surface area contributed by atoms with Gasteiger partial charge in [-0.3, -0.25) is 9.88 Å². The molecule has 1 N–H and O–H groups in total. The highest BCUT2D eigenvalue weighted by Gasteiger charge is 2.34. The van der Waals surface area contributed by atoms with E-state index in [1.165, 1.54) is 6.20 Å². The quantitative estimate of drug-likeness (QED) is 0.907. The summed E-state index contributed by atoms with van der Waals surface area (Å²) in [6, 6.07) is 2.05. The number of nitrogens with one attached hydrogen (secondary N) is 1. The Morgan fingerprint density at radius 1 is 1.42 bits per heavy atom. The van der Waals surface area contributed by atoms with Crippen LogP contribution >= 0.6 is 0 Å². The Morgan fingerprint density at radius 3 is 2.79 bits per heavy atom. The number of rotatable bonds is 4. The number of nitrogens with zero attached hydrogens (tertiary/aromatic N) is 2.